The molecular weight excluding hydrogens is 303 g/mol. The average Bonchev–Trinajstić information content (AvgIpc) is 2.94. The first kappa shape index (κ1) is 16.7. The molecule has 2 aromatic heterocycles. The number of carbonyl (C=O) groups excluding carboxylic acids is 1. The predicted octanol–water partition coefficient (Wildman–Crippen LogP) is 2.05. The Labute approximate surface area is 133 Å². The first-order chi connectivity index (χ1) is 11.1. The molecule has 2 heterocycles. The van der Waals surface area contributed by atoms with Gasteiger partial charge in [0.2, 0.25) is 0 Å². The maximum atomic E-state index is 12.2. The van der Waals surface area contributed by atoms with E-state index in [9.17, 15) is 9.18 Å². The maximum Gasteiger partial charge on any atom is 0.358 e. The summed E-state index contributed by atoms with van der Waals surface area (Å²) in [5.41, 5.74) is 1.55. The minimum atomic E-state index is -0.490. The number of pyridine rings is 1. The summed E-state index contributed by atoms with van der Waals surface area (Å²) >= 11 is 0. The summed E-state index contributed by atoms with van der Waals surface area (Å²) < 4.78 is 24.1. The van der Waals surface area contributed by atoms with Gasteiger partial charge in [0.05, 0.1) is 25.0 Å². The number of carbonyl (C=O) groups is 1. The molecule has 0 bridgehead atoms. The fraction of sp³-hybridized carbons (Fsp3) is 0.400. The Kier molecular flexibility index (Phi) is 5.51. The zero-order chi connectivity index (χ0) is 16.8. The Balaban J connectivity index is 2.36. The van der Waals surface area contributed by atoms with E-state index in [-0.39, 0.29) is 18.8 Å². The van der Waals surface area contributed by atoms with Crippen LogP contribution >= 0.6 is 0 Å². The Morgan fingerprint density at radius 2 is 2.22 bits per heavy atom. The minimum Gasteiger partial charge on any atom is -0.496 e. The second-order valence-corrected chi connectivity index (χ2v) is 4.64. The fourth-order valence-electron chi connectivity index (χ4n) is 2.09. The lowest BCUT2D eigenvalue weighted by molar-refractivity contribution is 0.0518. The van der Waals surface area contributed by atoms with Gasteiger partial charge in [-0.2, -0.15) is 5.10 Å². The number of rotatable bonds is 7. The van der Waals surface area contributed by atoms with E-state index in [4.69, 9.17) is 9.47 Å². The van der Waals surface area contributed by atoms with Gasteiger partial charge in [0.1, 0.15) is 18.2 Å². The van der Waals surface area contributed by atoms with E-state index in [1.54, 1.807) is 37.0 Å². The van der Waals surface area contributed by atoms with Crippen molar-refractivity contribution in [2.45, 2.75) is 6.92 Å². The zero-order valence-corrected chi connectivity index (χ0v) is 13.3. The number of halogens is 1. The van der Waals surface area contributed by atoms with Crippen molar-refractivity contribution >= 4 is 11.8 Å². The van der Waals surface area contributed by atoms with Crippen molar-refractivity contribution in [1.29, 1.82) is 0 Å². The summed E-state index contributed by atoms with van der Waals surface area (Å²) in [5, 5.41) is 6.99. The molecule has 1 N–H and O–H groups in total. The summed E-state index contributed by atoms with van der Waals surface area (Å²) in [6.07, 6.45) is 1.59. The smallest absolute Gasteiger partial charge is 0.358 e. The molecule has 0 amide bonds. The number of esters is 1. The van der Waals surface area contributed by atoms with E-state index in [2.05, 4.69) is 15.4 Å². The third-order valence-corrected chi connectivity index (χ3v) is 3.13. The van der Waals surface area contributed by atoms with Crippen LogP contribution in [-0.2, 0) is 11.8 Å². The lowest BCUT2D eigenvalue weighted by Crippen LogP contribution is -2.06. The lowest BCUT2D eigenvalue weighted by atomic mass is 10.1. The maximum absolute atomic E-state index is 12.2. The van der Waals surface area contributed by atoms with Crippen LogP contribution in [0.2, 0.25) is 0 Å². The van der Waals surface area contributed by atoms with Crippen LogP contribution in [0.3, 0.4) is 0 Å². The van der Waals surface area contributed by atoms with Gasteiger partial charge in [0.25, 0.3) is 0 Å². The molecule has 2 aromatic rings. The normalized spacial score (nSPS) is 10.4. The zero-order valence-electron chi connectivity index (χ0n) is 13.3. The number of ether oxygens (including phenoxy) is 2. The molecule has 8 heteroatoms. The van der Waals surface area contributed by atoms with Crippen molar-refractivity contribution in [2.24, 2.45) is 7.05 Å². The molecule has 124 valence electrons. The molecule has 0 unspecified atom stereocenters. The second kappa shape index (κ2) is 7.57. The molecule has 23 heavy (non-hydrogen) atoms. The molecule has 0 aromatic carbocycles. The van der Waals surface area contributed by atoms with Crippen LogP contribution in [0.1, 0.15) is 17.4 Å². The van der Waals surface area contributed by atoms with Gasteiger partial charge in [-0.3, -0.25) is 4.68 Å². The largest absolute Gasteiger partial charge is 0.496 e. The number of alkyl halides is 1. The molecule has 0 atom stereocenters. The second-order valence-electron chi connectivity index (χ2n) is 4.64. The van der Waals surface area contributed by atoms with Crippen LogP contribution in [0.5, 0.6) is 5.75 Å². The molecule has 2 rings (SSSR count). The first-order valence-corrected chi connectivity index (χ1v) is 7.16. The van der Waals surface area contributed by atoms with Crippen molar-refractivity contribution in [3.63, 3.8) is 0 Å². The molecule has 0 spiro atoms. The van der Waals surface area contributed by atoms with E-state index in [0.717, 1.165) is 0 Å². The van der Waals surface area contributed by atoms with Gasteiger partial charge in [-0.1, -0.05) is 0 Å². The third-order valence-electron chi connectivity index (χ3n) is 3.13. The highest BCUT2D eigenvalue weighted by Crippen LogP contribution is 2.31. The van der Waals surface area contributed by atoms with Gasteiger partial charge >= 0.3 is 5.97 Å². The van der Waals surface area contributed by atoms with E-state index < -0.39 is 12.6 Å². The van der Waals surface area contributed by atoms with Crippen LogP contribution in [-0.4, -0.2) is 47.7 Å². The van der Waals surface area contributed by atoms with Crippen LogP contribution in [0, 0.1) is 0 Å². The number of methoxy groups -OCH3 is 1. The van der Waals surface area contributed by atoms with Gasteiger partial charge in [-0.15, -0.1) is 0 Å². The molecule has 7 nitrogen and oxygen atoms in total. The van der Waals surface area contributed by atoms with Gasteiger partial charge in [-0.25, -0.2) is 14.2 Å². The molecule has 0 aliphatic carbocycles. The van der Waals surface area contributed by atoms with Crippen molar-refractivity contribution in [3.05, 3.63) is 24.0 Å². The van der Waals surface area contributed by atoms with Crippen molar-refractivity contribution in [3.8, 4) is 17.0 Å². The van der Waals surface area contributed by atoms with Crippen molar-refractivity contribution in [2.75, 3.05) is 32.3 Å². The quantitative estimate of drug-likeness (QED) is 0.786. The van der Waals surface area contributed by atoms with Crippen LogP contribution in [0.15, 0.2) is 18.3 Å². The minimum absolute atomic E-state index is 0.175. The van der Waals surface area contributed by atoms with Gasteiger partial charge < -0.3 is 14.8 Å². The van der Waals surface area contributed by atoms with Gasteiger partial charge in [0.15, 0.2) is 5.69 Å². The number of nitrogens with zero attached hydrogens (tertiary/aromatic N) is 3. The Morgan fingerprint density at radius 3 is 2.87 bits per heavy atom. The Bertz CT molecular complexity index is 687. The monoisotopic (exact) mass is 322 g/mol. The molecule has 0 aliphatic rings. The van der Waals surface area contributed by atoms with E-state index >= 15 is 0 Å². The Morgan fingerprint density at radius 1 is 1.43 bits per heavy atom. The highest BCUT2D eigenvalue weighted by molar-refractivity contribution is 5.89. The number of anilines is 1. The molecule has 0 fully saturated rings. The summed E-state index contributed by atoms with van der Waals surface area (Å²) in [7, 11) is 3.24. The van der Waals surface area contributed by atoms with Crippen LogP contribution < -0.4 is 10.1 Å². The highest BCUT2D eigenvalue weighted by atomic mass is 19.1. The Hall–Kier alpha value is -2.64. The van der Waals surface area contributed by atoms with E-state index in [1.165, 1.54) is 7.11 Å². The van der Waals surface area contributed by atoms with Gasteiger partial charge in [-0.05, 0) is 13.0 Å². The van der Waals surface area contributed by atoms with Gasteiger partial charge in [0, 0.05) is 25.9 Å². The van der Waals surface area contributed by atoms with E-state index in [0.29, 0.717) is 22.8 Å². The average molecular weight is 322 g/mol. The van der Waals surface area contributed by atoms with Crippen molar-refractivity contribution in [1.82, 2.24) is 14.8 Å². The predicted molar refractivity (Wildman–Crippen MR) is 83.4 cm³/mol. The molecular formula is C15H19FN4O3. The number of aromatic nitrogens is 3. The summed E-state index contributed by atoms with van der Waals surface area (Å²) in [5.74, 6) is 0.568. The third kappa shape index (κ3) is 3.77. The SMILES string of the molecule is CCOC(=O)c1cc(-c2cnc(NCCF)cc2OC)n(C)n1. The number of aryl methyl sites for hydroxylation is 1. The van der Waals surface area contributed by atoms with E-state index in [1.807, 2.05) is 0 Å². The summed E-state index contributed by atoms with van der Waals surface area (Å²) in [4.78, 5) is 16.0. The highest BCUT2D eigenvalue weighted by Gasteiger charge is 2.18. The molecule has 0 aliphatic heterocycles. The lowest BCUT2D eigenvalue weighted by Gasteiger charge is -2.10. The topological polar surface area (TPSA) is 78.3 Å². The number of hydrogen-bond acceptors (Lipinski definition) is 6. The number of hydrogen-bond donors (Lipinski definition) is 1. The summed E-state index contributed by atoms with van der Waals surface area (Å²) in [6.45, 7) is 1.70. The summed E-state index contributed by atoms with van der Waals surface area (Å²) in [6, 6.07) is 3.29. The first-order valence-electron chi connectivity index (χ1n) is 7.16. The molecule has 0 radical (unpaired) electrons. The molecule has 0 saturated carbocycles. The standard InChI is InChI=1S/C15H19FN4O3/c1-4-23-15(21)11-7-12(20(2)19-11)10-9-18-14(17-6-5-16)8-13(10)22-3/h7-9H,4-6H2,1-3H3,(H,17,18). The molecule has 0 saturated heterocycles. The fourth-order valence-corrected chi connectivity index (χ4v) is 2.09. The van der Waals surface area contributed by atoms with Crippen molar-refractivity contribution < 1.29 is 18.7 Å². The van der Waals surface area contributed by atoms with Crippen LogP contribution in [0.25, 0.3) is 11.3 Å². The number of nitrogens with one attached hydrogen (secondary N) is 1. The van der Waals surface area contributed by atoms with Crippen LogP contribution in [0.4, 0.5) is 10.2 Å².